The molecule has 0 aromatic rings. The lowest BCUT2D eigenvalue weighted by Crippen LogP contribution is -2.44. The summed E-state index contributed by atoms with van der Waals surface area (Å²) in [6.45, 7) is 12.1. The van der Waals surface area contributed by atoms with Crippen molar-refractivity contribution in [3.63, 3.8) is 0 Å². The standard InChI is InChI=1S/C15H29N/c1-5-7-11-14(16-6-2)13-10-8-9-12-15(13,3)4/h5,13-14,16H,1,6-12H2,2-4H3. The molecule has 0 radical (unpaired) electrons. The van der Waals surface area contributed by atoms with Crippen molar-refractivity contribution in [2.45, 2.75) is 65.3 Å². The molecule has 1 aliphatic rings. The third kappa shape index (κ3) is 3.62. The predicted molar refractivity (Wildman–Crippen MR) is 72.6 cm³/mol. The van der Waals surface area contributed by atoms with Gasteiger partial charge in [-0.3, -0.25) is 0 Å². The first kappa shape index (κ1) is 13.8. The fourth-order valence-corrected chi connectivity index (χ4v) is 3.27. The Bertz CT molecular complexity index is 207. The van der Waals surface area contributed by atoms with Crippen molar-refractivity contribution in [3.8, 4) is 0 Å². The van der Waals surface area contributed by atoms with Gasteiger partial charge in [0.15, 0.2) is 0 Å². The minimum atomic E-state index is 0.520. The highest BCUT2D eigenvalue weighted by Gasteiger charge is 2.36. The lowest BCUT2D eigenvalue weighted by molar-refractivity contribution is 0.0957. The zero-order valence-electron chi connectivity index (χ0n) is 11.4. The van der Waals surface area contributed by atoms with Crippen LogP contribution in [0.4, 0.5) is 0 Å². The molecule has 2 atom stereocenters. The molecule has 0 aliphatic heterocycles. The minimum absolute atomic E-state index is 0.520. The maximum absolute atomic E-state index is 3.85. The van der Waals surface area contributed by atoms with E-state index in [0.717, 1.165) is 18.9 Å². The van der Waals surface area contributed by atoms with Crippen molar-refractivity contribution in [1.82, 2.24) is 5.32 Å². The predicted octanol–water partition coefficient (Wildman–Crippen LogP) is 4.15. The highest BCUT2D eigenvalue weighted by atomic mass is 14.9. The summed E-state index contributed by atoms with van der Waals surface area (Å²) >= 11 is 0. The molecule has 1 N–H and O–H groups in total. The second kappa shape index (κ2) is 6.44. The topological polar surface area (TPSA) is 12.0 Å². The van der Waals surface area contributed by atoms with Crippen LogP contribution in [0.25, 0.3) is 0 Å². The van der Waals surface area contributed by atoms with Gasteiger partial charge in [0.2, 0.25) is 0 Å². The van der Waals surface area contributed by atoms with Gasteiger partial charge in [0.25, 0.3) is 0 Å². The monoisotopic (exact) mass is 223 g/mol. The molecule has 0 aromatic heterocycles. The van der Waals surface area contributed by atoms with E-state index in [1.807, 2.05) is 0 Å². The largest absolute Gasteiger partial charge is 0.314 e. The van der Waals surface area contributed by atoms with Crippen LogP contribution >= 0.6 is 0 Å². The van der Waals surface area contributed by atoms with E-state index in [1.54, 1.807) is 0 Å². The summed E-state index contributed by atoms with van der Waals surface area (Å²) in [6.07, 6.45) is 10.1. The van der Waals surface area contributed by atoms with Gasteiger partial charge in [0, 0.05) is 6.04 Å². The third-order valence-corrected chi connectivity index (χ3v) is 4.22. The summed E-state index contributed by atoms with van der Waals surface area (Å²) in [6, 6.07) is 0.693. The fraction of sp³-hybridized carbons (Fsp3) is 0.867. The Morgan fingerprint density at radius 1 is 1.44 bits per heavy atom. The third-order valence-electron chi connectivity index (χ3n) is 4.22. The lowest BCUT2D eigenvalue weighted by Gasteiger charge is -2.43. The zero-order valence-corrected chi connectivity index (χ0v) is 11.4. The van der Waals surface area contributed by atoms with E-state index in [0.29, 0.717) is 11.5 Å². The maximum atomic E-state index is 3.85. The summed E-state index contributed by atoms with van der Waals surface area (Å²) in [4.78, 5) is 0. The molecule has 94 valence electrons. The zero-order chi connectivity index (χ0) is 12.0. The summed E-state index contributed by atoms with van der Waals surface area (Å²) in [5.41, 5.74) is 0.520. The summed E-state index contributed by atoms with van der Waals surface area (Å²) < 4.78 is 0. The quantitative estimate of drug-likeness (QED) is 0.667. The fourth-order valence-electron chi connectivity index (χ4n) is 3.27. The molecule has 0 bridgehead atoms. The smallest absolute Gasteiger partial charge is 0.0103 e. The highest BCUT2D eigenvalue weighted by Crippen LogP contribution is 2.43. The molecule has 2 unspecified atom stereocenters. The van der Waals surface area contributed by atoms with E-state index in [1.165, 1.54) is 32.1 Å². The van der Waals surface area contributed by atoms with Crippen molar-refractivity contribution < 1.29 is 0 Å². The summed E-state index contributed by atoms with van der Waals surface area (Å²) in [5, 5.41) is 3.69. The normalized spacial score (nSPS) is 26.3. The van der Waals surface area contributed by atoms with Crippen LogP contribution in [-0.4, -0.2) is 12.6 Å². The molecule has 16 heavy (non-hydrogen) atoms. The molecule has 1 rings (SSSR count). The second-order valence-corrected chi connectivity index (χ2v) is 5.87. The Kier molecular flexibility index (Phi) is 5.54. The van der Waals surface area contributed by atoms with Crippen LogP contribution in [0.2, 0.25) is 0 Å². The van der Waals surface area contributed by atoms with Gasteiger partial charge in [0.1, 0.15) is 0 Å². The molecule has 0 saturated heterocycles. The Balaban J connectivity index is 2.62. The average molecular weight is 223 g/mol. The lowest BCUT2D eigenvalue weighted by atomic mass is 9.65. The van der Waals surface area contributed by atoms with Crippen LogP contribution in [0.15, 0.2) is 12.7 Å². The van der Waals surface area contributed by atoms with E-state index in [4.69, 9.17) is 0 Å². The number of hydrogen-bond acceptors (Lipinski definition) is 1. The minimum Gasteiger partial charge on any atom is -0.314 e. The van der Waals surface area contributed by atoms with Crippen LogP contribution < -0.4 is 5.32 Å². The van der Waals surface area contributed by atoms with Crippen molar-refractivity contribution in [3.05, 3.63) is 12.7 Å². The van der Waals surface area contributed by atoms with Crippen LogP contribution in [0.5, 0.6) is 0 Å². The molecule has 1 aliphatic carbocycles. The Hall–Kier alpha value is -0.300. The van der Waals surface area contributed by atoms with Gasteiger partial charge < -0.3 is 5.32 Å². The summed E-state index contributed by atoms with van der Waals surface area (Å²) in [5.74, 6) is 0.848. The Morgan fingerprint density at radius 3 is 2.75 bits per heavy atom. The average Bonchev–Trinajstić information content (AvgIpc) is 2.24. The first-order valence-electron chi connectivity index (χ1n) is 6.96. The molecule has 0 aromatic carbocycles. The van der Waals surface area contributed by atoms with Crippen molar-refractivity contribution in [2.24, 2.45) is 11.3 Å². The van der Waals surface area contributed by atoms with Gasteiger partial charge in [-0.25, -0.2) is 0 Å². The summed E-state index contributed by atoms with van der Waals surface area (Å²) in [7, 11) is 0. The van der Waals surface area contributed by atoms with E-state index in [2.05, 4.69) is 38.7 Å². The van der Waals surface area contributed by atoms with E-state index >= 15 is 0 Å². The number of nitrogens with one attached hydrogen (secondary N) is 1. The van der Waals surface area contributed by atoms with Crippen LogP contribution in [0.3, 0.4) is 0 Å². The number of allylic oxidation sites excluding steroid dienone is 1. The van der Waals surface area contributed by atoms with Gasteiger partial charge in [0.05, 0.1) is 0 Å². The van der Waals surface area contributed by atoms with Gasteiger partial charge >= 0.3 is 0 Å². The molecule has 1 fully saturated rings. The molecule has 0 heterocycles. The van der Waals surface area contributed by atoms with E-state index in [-0.39, 0.29) is 0 Å². The maximum Gasteiger partial charge on any atom is 0.0103 e. The van der Waals surface area contributed by atoms with Gasteiger partial charge in [-0.05, 0) is 43.6 Å². The molecular formula is C15H29N. The van der Waals surface area contributed by atoms with E-state index < -0.39 is 0 Å². The van der Waals surface area contributed by atoms with Crippen molar-refractivity contribution >= 4 is 0 Å². The SMILES string of the molecule is C=CCCC(NCC)C1CCCCC1(C)C. The van der Waals surface area contributed by atoms with Crippen LogP contribution in [0, 0.1) is 11.3 Å². The highest BCUT2D eigenvalue weighted by molar-refractivity contribution is 4.91. The van der Waals surface area contributed by atoms with Gasteiger partial charge in [-0.1, -0.05) is 39.7 Å². The molecule has 1 saturated carbocycles. The van der Waals surface area contributed by atoms with Crippen molar-refractivity contribution in [2.75, 3.05) is 6.54 Å². The Morgan fingerprint density at radius 2 is 2.19 bits per heavy atom. The Labute approximate surface area is 102 Å². The molecule has 1 nitrogen and oxygen atoms in total. The van der Waals surface area contributed by atoms with Crippen LogP contribution in [-0.2, 0) is 0 Å². The van der Waals surface area contributed by atoms with Crippen LogP contribution in [0.1, 0.15) is 59.3 Å². The first-order chi connectivity index (χ1) is 7.61. The molecule has 0 amide bonds. The van der Waals surface area contributed by atoms with E-state index in [9.17, 15) is 0 Å². The molecular weight excluding hydrogens is 194 g/mol. The molecule has 1 heteroatoms. The second-order valence-electron chi connectivity index (χ2n) is 5.87. The van der Waals surface area contributed by atoms with Gasteiger partial charge in [-0.15, -0.1) is 6.58 Å². The molecule has 0 spiro atoms. The number of rotatable bonds is 6. The first-order valence-corrected chi connectivity index (χ1v) is 6.96. The number of hydrogen-bond donors (Lipinski definition) is 1. The van der Waals surface area contributed by atoms with Crippen molar-refractivity contribution in [1.29, 1.82) is 0 Å². The van der Waals surface area contributed by atoms with Gasteiger partial charge in [-0.2, -0.15) is 0 Å².